The molecule has 1 aromatic heterocycles. The number of nitrogens with one attached hydrogen (secondary N) is 3. The van der Waals surface area contributed by atoms with E-state index in [1.807, 2.05) is 24.3 Å². The number of rotatable bonds is 12. The lowest BCUT2D eigenvalue weighted by molar-refractivity contribution is -0.123. The third-order valence-electron chi connectivity index (χ3n) is 4.91. The fourth-order valence-corrected chi connectivity index (χ4v) is 3.07. The van der Waals surface area contributed by atoms with Gasteiger partial charge in [-0.25, -0.2) is 0 Å². The van der Waals surface area contributed by atoms with Crippen molar-refractivity contribution in [1.29, 1.82) is 0 Å². The number of guanidine groups is 1. The summed E-state index contributed by atoms with van der Waals surface area (Å²) in [6, 6.07) is 8.19. The van der Waals surface area contributed by atoms with Crippen molar-refractivity contribution in [3.05, 3.63) is 42.0 Å². The number of aryl methyl sites for hydroxylation is 1. The number of ether oxygens (including phenoxy) is 1. The van der Waals surface area contributed by atoms with E-state index in [9.17, 15) is 4.79 Å². The Bertz CT molecular complexity index is 844. The van der Waals surface area contributed by atoms with Gasteiger partial charge in [0, 0.05) is 38.6 Å². The summed E-state index contributed by atoms with van der Waals surface area (Å²) in [5.74, 6) is 2.43. The van der Waals surface area contributed by atoms with Crippen LogP contribution in [0.1, 0.15) is 38.1 Å². The standard InChI is InChI=1S/C22H33N7O2/c1-3-20-28-26-16-29(20)14-13-25-22(23-4-2)24-12-11-17-5-9-19(10-6-17)31-15-21(30)27-18-7-8-18/h5-6,9-10,16,18H,3-4,7-8,11-15H2,1-2H3,(H,27,30)(H2,23,24,25). The number of nitrogens with zero attached hydrogens (tertiary/aromatic N) is 4. The topological polar surface area (TPSA) is 105 Å². The summed E-state index contributed by atoms with van der Waals surface area (Å²) >= 11 is 0. The van der Waals surface area contributed by atoms with E-state index < -0.39 is 0 Å². The molecular formula is C22H33N7O2. The van der Waals surface area contributed by atoms with E-state index in [0.717, 1.165) is 57.1 Å². The molecule has 1 aromatic carbocycles. The van der Waals surface area contributed by atoms with Crippen molar-refractivity contribution < 1.29 is 9.53 Å². The predicted octanol–water partition coefficient (Wildman–Crippen LogP) is 1.30. The summed E-state index contributed by atoms with van der Waals surface area (Å²) in [6.07, 6.45) is 5.61. The average molecular weight is 428 g/mol. The molecular weight excluding hydrogens is 394 g/mol. The summed E-state index contributed by atoms with van der Waals surface area (Å²) < 4.78 is 7.60. The van der Waals surface area contributed by atoms with E-state index in [0.29, 0.717) is 18.3 Å². The molecule has 168 valence electrons. The van der Waals surface area contributed by atoms with Crippen LogP contribution in [0.4, 0.5) is 0 Å². The Morgan fingerprint density at radius 1 is 1.23 bits per heavy atom. The Morgan fingerprint density at radius 2 is 2.03 bits per heavy atom. The first kappa shape index (κ1) is 22.6. The molecule has 1 aliphatic rings. The van der Waals surface area contributed by atoms with Crippen LogP contribution in [0.2, 0.25) is 0 Å². The van der Waals surface area contributed by atoms with Gasteiger partial charge in [-0.1, -0.05) is 19.1 Å². The molecule has 1 saturated carbocycles. The molecule has 1 amide bonds. The molecule has 9 heteroatoms. The Kier molecular flexibility index (Phi) is 8.69. The highest BCUT2D eigenvalue weighted by molar-refractivity contribution is 5.79. The molecule has 0 radical (unpaired) electrons. The Hall–Kier alpha value is -3.10. The van der Waals surface area contributed by atoms with Gasteiger partial charge in [0.15, 0.2) is 12.6 Å². The monoisotopic (exact) mass is 427 g/mol. The van der Waals surface area contributed by atoms with E-state index in [2.05, 4.69) is 49.6 Å². The van der Waals surface area contributed by atoms with Crippen molar-refractivity contribution in [1.82, 2.24) is 30.7 Å². The quantitative estimate of drug-likeness (QED) is 0.348. The van der Waals surface area contributed by atoms with E-state index in [-0.39, 0.29) is 12.5 Å². The zero-order valence-corrected chi connectivity index (χ0v) is 18.4. The largest absolute Gasteiger partial charge is 0.484 e. The highest BCUT2D eigenvalue weighted by Gasteiger charge is 2.23. The predicted molar refractivity (Wildman–Crippen MR) is 120 cm³/mol. The third-order valence-corrected chi connectivity index (χ3v) is 4.91. The Morgan fingerprint density at radius 3 is 2.74 bits per heavy atom. The average Bonchev–Trinajstić information content (AvgIpc) is 3.47. The van der Waals surface area contributed by atoms with Gasteiger partial charge in [-0.2, -0.15) is 0 Å². The highest BCUT2D eigenvalue weighted by atomic mass is 16.5. The number of carbonyl (C=O) groups excluding carboxylic acids is 1. The molecule has 3 N–H and O–H groups in total. The Labute approximate surface area is 183 Å². The van der Waals surface area contributed by atoms with Crippen LogP contribution in [0, 0.1) is 0 Å². The zero-order valence-electron chi connectivity index (χ0n) is 18.4. The lowest BCUT2D eigenvalue weighted by Crippen LogP contribution is -2.39. The molecule has 31 heavy (non-hydrogen) atoms. The number of hydrogen-bond donors (Lipinski definition) is 3. The third kappa shape index (κ3) is 7.92. The van der Waals surface area contributed by atoms with Gasteiger partial charge >= 0.3 is 0 Å². The van der Waals surface area contributed by atoms with Crippen LogP contribution in [-0.2, 0) is 24.2 Å². The van der Waals surface area contributed by atoms with Gasteiger partial charge < -0.3 is 25.3 Å². The van der Waals surface area contributed by atoms with Crippen LogP contribution >= 0.6 is 0 Å². The van der Waals surface area contributed by atoms with Gasteiger partial charge in [0.2, 0.25) is 0 Å². The first-order valence-electron chi connectivity index (χ1n) is 11.1. The van der Waals surface area contributed by atoms with Crippen LogP contribution in [-0.4, -0.2) is 58.9 Å². The van der Waals surface area contributed by atoms with E-state index >= 15 is 0 Å². The number of hydrogen-bond acceptors (Lipinski definition) is 5. The lowest BCUT2D eigenvalue weighted by atomic mass is 10.1. The summed E-state index contributed by atoms with van der Waals surface area (Å²) in [5.41, 5.74) is 1.17. The number of aromatic nitrogens is 3. The maximum absolute atomic E-state index is 11.7. The Balaban J connectivity index is 1.39. The summed E-state index contributed by atoms with van der Waals surface area (Å²) in [4.78, 5) is 16.4. The molecule has 1 heterocycles. The molecule has 2 aromatic rings. The minimum absolute atomic E-state index is 0.0559. The first-order valence-corrected chi connectivity index (χ1v) is 11.1. The fraction of sp³-hybridized carbons (Fsp3) is 0.545. The van der Waals surface area contributed by atoms with Crippen LogP contribution in [0.3, 0.4) is 0 Å². The second-order valence-electron chi connectivity index (χ2n) is 7.51. The lowest BCUT2D eigenvalue weighted by Gasteiger charge is -2.12. The van der Waals surface area contributed by atoms with Crippen LogP contribution in [0.15, 0.2) is 35.6 Å². The van der Waals surface area contributed by atoms with Crippen molar-refractivity contribution in [2.24, 2.45) is 4.99 Å². The van der Waals surface area contributed by atoms with Gasteiger partial charge in [-0.05, 0) is 43.9 Å². The molecule has 0 saturated heterocycles. The second-order valence-corrected chi connectivity index (χ2v) is 7.51. The molecule has 1 fully saturated rings. The van der Waals surface area contributed by atoms with Crippen molar-refractivity contribution in [2.45, 2.75) is 52.1 Å². The number of carbonyl (C=O) groups is 1. The zero-order chi connectivity index (χ0) is 21.9. The second kappa shape index (κ2) is 11.9. The van der Waals surface area contributed by atoms with Crippen molar-refractivity contribution in [2.75, 3.05) is 26.2 Å². The minimum Gasteiger partial charge on any atom is -0.484 e. The maximum Gasteiger partial charge on any atom is 0.258 e. The molecule has 1 aliphatic carbocycles. The SMILES string of the molecule is CCNC(=NCCc1ccc(OCC(=O)NC2CC2)cc1)NCCn1cnnc1CC. The molecule has 9 nitrogen and oxygen atoms in total. The maximum atomic E-state index is 11.7. The van der Waals surface area contributed by atoms with Gasteiger partial charge in [0.1, 0.15) is 17.9 Å². The van der Waals surface area contributed by atoms with Gasteiger partial charge in [-0.3, -0.25) is 9.79 Å². The fourth-order valence-electron chi connectivity index (χ4n) is 3.07. The van der Waals surface area contributed by atoms with E-state index in [1.165, 1.54) is 5.56 Å². The van der Waals surface area contributed by atoms with Crippen molar-refractivity contribution >= 4 is 11.9 Å². The smallest absolute Gasteiger partial charge is 0.258 e. The molecule has 0 unspecified atom stereocenters. The minimum atomic E-state index is -0.0559. The molecule has 0 bridgehead atoms. The van der Waals surface area contributed by atoms with Gasteiger partial charge in [-0.15, -0.1) is 10.2 Å². The summed E-state index contributed by atoms with van der Waals surface area (Å²) in [7, 11) is 0. The van der Waals surface area contributed by atoms with E-state index in [4.69, 9.17) is 4.74 Å². The normalized spacial score (nSPS) is 13.7. The number of aliphatic imine (C=N–C) groups is 1. The summed E-state index contributed by atoms with van der Waals surface area (Å²) in [5, 5.41) is 17.6. The van der Waals surface area contributed by atoms with Crippen LogP contribution < -0.4 is 20.7 Å². The van der Waals surface area contributed by atoms with E-state index in [1.54, 1.807) is 6.33 Å². The van der Waals surface area contributed by atoms with Gasteiger partial charge in [0.05, 0.1) is 0 Å². The first-order chi connectivity index (χ1) is 15.2. The molecule has 0 spiro atoms. The van der Waals surface area contributed by atoms with Crippen LogP contribution in [0.25, 0.3) is 0 Å². The number of amides is 1. The molecule has 0 atom stereocenters. The van der Waals surface area contributed by atoms with Crippen molar-refractivity contribution in [3.8, 4) is 5.75 Å². The summed E-state index contributed by atoms with van der Waals surface area (Å²) in [6.45, 7) is 7.20. The molecule has 3 rings (SSSR count). The number of benzene rings is 1. The van der Waals surface area contributed by atoms with Crippen molar-refractivity contribution in [3.63, 3.8) is 0 Å². The molecule has 0 aliphatic heterocycles. The van der Waals surface area contributed by atoms with Crippen LogP contribution in [0.5, 0.6) is 5.75 Å². The highest BCUT2D eigenvalue weighted by Crippen LogP contribution is 2.18. The van der Waals surface area contributed by atoms with Gasteiger partial charge in [0.25, 0.3) is 5.91 Å².